The van der Waals surface area contributed by atoms with E-state index >= 15 is 0 Å². The Morgan fingerprint density at radius 3 is 2.48 bits per heavy atom. The Labute approximate surface area is 132 Å². The number of hydrogen-bond acceptors (Lipinski definition) is 5. The van der Waals surface area contributed by atoms with E-state index in [-0.39, 0.29) is 6.04 Å². The minimum Gasteiger partial charge on any atom is -0.378 e. The molecule has 2 aromatic heterocycles. The second-order valence-corrected chi connectivity index (χ2v) is 6.85. The molecule has 5 heteroatoms. The van der Waals surface area contributed by atoms with E-state index < -0.39 is 0 Å². The normalized spacial score (nSPS) is 12.3. The minimum absolute atomic E-state index is 0.167. The van der Waals surface area contributed by atoms with Gasteiger partial charge in [-0.1, -0.05) is 18.2 Å². The zero-order valence-electron chi connectivity index (χ0n) is 12.0. The molecule has 2 N–H and O–H groups in total. The van der Waals surface area contributed by atoms with Crippen LogP contribution in [0.5, 0.6) is 0 Å². The predicted molar refractivity (Wildman–Crippen MR) is 92.2 cm³/mol. The van der Waals surface area contributed by atoms with Gasteiger partial charge in [-0.15, -0.1) is 22.7 Å². The lowest BCUT2D eigenvalue weighted by Gasteiger charge is -2.14. The molecule has 3 aromatic rings. The molecule has 0 radical (unpaired) electrons. The number of aromatic nitrogens is 1. The monoisotopic (exact) mass is 315 g/mol. The van der Waals surface area contributed by atoms with Crippen molar-refractivity contribution in [2.75, 3.05) is 19.0 Å². The van der Waals surface area contributed by atoms with E-state index in [1.54, 1.807) is 22.7 Å². The maximum Gasteiger partial charge on any atom is 0.115 e. The van der Waals surface area contributed by atoms with Crippen molar-refractivity contribution >= 4 is 28.4 Å². The number of anilines is 1. The summed E-state index contributed by atoms with van der Waals surface area (Å²) in [6, 6.07) is 12.3. The third-order valence-corrected chi connectivity index (χ3v) is 5.15. The van der Waals surface area contributed by atoms with E-state index in [9.17, 15) is 0 Å². The molecule has 21 heavy (non-hydrogen) atoms. The van der Waals surface area contributed by atoms with Crippen LogP contribution in [-0.4, -0.2) is 19.1 Å². The first-order valence-electron chi connectivity index (χ1n) is 6.67. The lowest BCUT2D eigenvalue weighted by atomic mass is 10.1. The second kappa shape index (κ2) is 5.97. The first-order chi connectivity index (χ1) is 10.1. The summed E-state index contributed by atoms with van der Waals surface area (Å²) < 4.78 is 0. The molecule has 3 nitrogen and oxygen atoms in total. The third kappa shape index (κ3) is 3.00. The van der Waals surface area contributed by atoms with Crippen LogP contribution in [-0.2, 0) is 0 Å². The van der Waals surface area contributed by atoms with E-state index in [1.807, 2.05) is 20.2 Å². The van der Waals surface area contributed by atoms with Crippen molar-refractivity contribution in [3.05, 3.63) is 57.7 Å². The number of benzene rings is 1. The summed E-state index contributed by atoms with van der Waals surface area (Å²) in [6.07, 6.45) is 0. The largest absolute Gasteiger partial charge is 0.378 e. The Kier molecular flexibility index (Phi) is 4.05. The number of nitrogens with two attached hydrogens (primary N) is 1. The summed E-state index contributed by atoms with van der Waals surface area (Å²) in [4.78, 5) is 7.94. The zero-order chi connectivity index (χ0) is 14.8. The van der Waals surface area contributed by atoms with Gasteiger partial charge in [-0.2, -0.15) is 0 Å². The van der Waals surface area contributed by atoms with Gasteiger partial charge in [-0.25, -0.2) is 4.98 Å². The lowest BCUT2D eigenvalue weighted by molar-refractivity contribution is 0.858. The topological polar surface area (TPSA) is 42.1 Å². The summed E-state index contributed by atoms with van der Waals surface area (Å²) in [6.45, 7) is 0. The predicted octanol–water partition coefficient (Wildman–Crippen LogP) is 3.99. The van der Waals surface area contributed by atoms with Crippen LogP contribution in [0.15, 0.2) is 47.2 Å². The summed E-state index contributed by atoms with van der Waals surface area (Å²) in [5, 5.41) is 5.10. The average molecular weight is 315 g/mol. The maximum atomic E-state index is 6.35. The molecule has 0 amide bonds. The van der Waals surface area contributed by atoms with Crippen LogP contribution < -0.4 is 10.6 Å². The van der Waals surface area contributed by atoms with E-state index in [4.69, 9.17) is 5.73 Å². The first kappa shape index (κ1) is 14.3. The molecule has 1 aromatic carbocycles. The highest BCUT2D eigenvalue weighted by Gasteiger charge is 2.14. The van der Waals surface area contributed by atoms with Gasteiger partial charge in [0.15, 0.2) is 0 Å². The van der Waals surface area contributed by atoms with Crippen molar-refractivity contribution in [2.24, 2.45) is 5.73 Å². The molecular formula is C16H17N3S2. The second-order valence-electron chi connectivity index (χ2n) is 5.01. The summed E-state index contributed by atoms with van der Waals surface area (Å²) >= 11 is 3.32. The van der Waals surface area contributed by atoms with E-state index in [0.717, 1.165) is 16.3 Å². The third-order valence-electron chi connectivity index (χ3n) is 3.33. The molecule has 3 rings (SSSR count). The molecule has 2 heterocycles. The van der Waals surface area contributed by atoms with Crippen LogP contribution in [0.3, 0.4) is 0 Å². The molecule has 0 fully saturated rings. The number of nitrogens with zero attached hydrogens (tertiary/aromatic N) is 2. The zero-order valence-corrected chi connectivity index (χ0v) is 13.6. The van der Waals surface area contributed by atoms with Gasteiger partial charge in [-0.05, 0) is 29.1 Å². The van der Waals surface area contributed by atoms with Crippen LogP contribution in [0.25, 0.3) is 10.6 Å². The average Bonchev–Trinajstić information content (AvgIpc) is 3.17. The first-order valence-corrected chi connectivity index (χ1v) is 8.43. The van der Waals surface area contributed by atoms with Crippen molar-refractivity contribution < 1.29 is 0 Å². The smallest absolute Gasteiger partial charge is 0.115 e. The van der Waals surface area contributed by atoms with E-state index in [0.29, 0.717) is 0 Å². The van der Waals surface area contributed by atoms with Gasteiger partial charge in [0.2, 0.25) is 0 Å². The van der Waals surface area contributed by atoms with Crippen LogP contribution in [0.2, 0.25) is 0 Å². The fourth-order valence-corrected chi connectivity index (χ4v) is 3.70. The quantitative estimate of drug-likeness (QED) is 0.791. The molecule has 0 saturated carbocycles. The van der Waals surface area contributed by atoms with Gasteiger partial charge in [0.25, 0.3) is 0 Å². The molecule has 0 aliphatic heterocycles. The molecule has 1 unspecified atom stereocenters. The number of thiophene rings is 1. The van der Waals surface area contributed by atoms with Gasteiger partial charge in [0, 0.05) is 25.2 Å². The summed E-state index contributed by atoms with van der Waals surface area (Å²) in [5.74, 6) is 0. The van der Waals surface area contributed by atoms with Gasteiger partial charge in [0.05, 0.1) is 16.6 Å². The van der Waals surface area contributed by atoms with Crippen molar-refractivity contribution in [2.45, 2.75) is 6.04 Å². The molecule has 0 spiro atoms. The molecule has 0 aliphatic carbocycles. The van der Waals surface area contributed by atoms with Crippen molar-refractivity contribution in [1.29, 1.82) is 0 Å². The van der Waals surface area contributed by atoms with E-state index in [1.165, 1.54) is 10.6 Å². The maximum absolute atomic E-state index is 6.35. The van der Waals surface area contributed by atoms with Crippen LogP contribution in [0, 0.1) is 0 Å². The Balaban J connectivity index is 1.83. The highest BCUT2D eigenvalue weighted by atomic mass is 32.1. The van der Waals surface area contributed by atoms with E-state index in [2.05, 4.69) is 51.0 Å². The Hall–Kier alpha value is -1.69. The Morgan fingerprint density at radius 1 is 1.10 bits per heavy atom. The van der Waals surface area contributed by atoms with Crippen molar-refractivity contribution in [3.63, 3.8) is 0 Å². The van der Waals surface area contributed by atoms with Gasteiger partial charge in [0.1, 0.15) is 5.01 Å². The summed E-state index contributed by atoms with van der Waals surface area (Å²) in [5.41, 5.74) is 9.63. The number of hydrogen-bond donors (Lipinski definition) is 1. The fraction of sp³-hybridized carbons (Fsp3) is 0.188. The molecule has 0 saturated heterocycles. The van der Waals surface area contributed by atoms with Gasteiger partial charge < -0.3 is 10.6 Å². The molecule has 0 bridgehead atoms. The molecular weight excluding hydrogens is 298 g/mol. The lowest BCUT2D eigenvalue weighted by Crippen LogP contribution is -2.12. The van der Waals surface area contributed by atoms with Gasteiger partial charge >= 0.3 is 0 Å². The van der Waals surface area contributed by atoms with Crippen LogP contribution in [0.1, 0.15) is 16.6 Å². The highest BCUT2D eigenvalue weighted by molar-refractivity contribution is 7.14. The van der Waals surface area contributed by atoms with Gasteiger partial charge in [-0.3, -0.25) is 0 Å². The van der Waals surface area contributed by atoms with Crippen LogP contribution >= 0.6 is 22.7 Å². The Morgan fingerprint density at radius 2 is 1.86 bits per heavy atom. The van der Waals surface area contributed by atoms with Crippen LogP contribution in [0.4, 0.5) is 5.69 Å². The fourth-order valence-electron chi connectivity index (χ4n) is 2.09. The van der Waals surface area contributed by atoms with Crippen molar-refractivity contribution in [3.8, 4) is 10.6 Å². The highest BCUT2D eigenvalue weighted by Crippen LogP contribution is 2.30. The molecule has 0 aliphatic rings. The standard InChI is InChI=1S/C16H17N3S2/c1-19(2)12-7-5-11(6-8-12)15(17)16-18-13(10-21-16)14-4-3-9-20-14/h3-10,15H,17H2,1-2H3. The minimum atomic E-state index is -0.167. The van der Waals surface area contributed by atoms with Crippen molar-refractivity contribution in [1.82, 2.24) is 4.98 Å². The number of rotatable bonds is 4. The summed E-state index contributed by atoms with van der Waals surface area (Å²) in [7, 11) is 4.06. The Bertz CT molecular complexity index is 699. The number of thiazole rings is 1. The molecule has 1 atom stereocenters. The SMILES string of the molecule is CN(C)c1ccc(C(N)c2nc(-c3cccs3)cs2)cc1. The molecule has 108 valence electrons.